The molecule has 1 aliphatic carbocycles. The molecule has 2 atom stereocenters. The summed E-state index contributed by atoms with van der Waals surface area (Å²) in [7, 11) is 0. The Morgan fingerprint density at radius 1 is 0.903 bits per heavy atom. The molecule has 1 saturated carbocycles. The molecule has 1 aliphatic heterocycles. The van der Waals surface area contributed by atoms with Gasteiger partial charge in [0.15, 0.2) is 0 Å². The number of nitrogens with one attached hydrogen (secondary N) is 1. The predicted octanol–water partition coefficient (Wildman–Crippen LogP) is 6.27. The van der Waals surface area contributed by atoms with Gasteiger partial charge in [-0.2, -0.15) is 0 Å². The third-order valence-electron chi connectivity index (χ3n) is 6.42. The van der Waals surface area contributed by atoms with Gasteiger partial charge in [0.2, 0.25) is 5.91 Å². The van der Waals surface area contributed by atoms with Gasteiger partial charge in [0.1, 0.15) is 11.6 Å². The highest BCUT2D eigenvalue weighted by Crippen LogP contribution is 2.59. The second kappa shape index (κ2) is 7.73. The Morgan fingerprint density at radius 2 is 1.42 bits per heavy atom. The lowest BCUT2D eigenvalue weighted by Crippen LogP contribution is -2.50. The van der Waals surface area contributed by atoms with Crippen molar-refractivity contribution in [1.82, 2.24) is 4.98 Å². The maximum Gasteiger partial charge on any atom is 0.237 e. The van der Waals surface area contributed by atoms with E-state index in [1.165, 1.54) is 0 Å². The number of anilines is 1. The Balaban J connectivity index is 1.80. The van der Waals surface area contributed by atoms with Crippen LogP contribution in [0.1, 0.15) is 41.4 Å². The van der Waals surface area contributed by atoms with Crippen LogP contribution in [0.25, 0.3) is 0 Å². The van der Waals surface area contributed by atoms with Crippen LogP contribution in [-0.2, 0) is 15.0 Å². The van der Waals surface area contributed by atoms with Crippen molar-refractivity contribution in [2.75, 3.05) is 5.32 Å². The van der Waals surface area contributed by atoms with Gasteiger partial charge in [-0.15, -0.1) is 0 Å². The van der Waals surface area contributed by atoms with Gasteiger partial charge in [0, 0.05) is 51.0 Å². The number of hydrogen-bond donors (Lipinski definition) is 1. The zero-order chi connectivity index (χ0) is 21.8. The number of halogens is 3. The smallest absolute Gasteiger partial charge is 0.237 e. The van der Waals surface area contributed by atoms with E-state index in [9.17, 15) is 9.59 Å². The lowest BCUT2D eigenvalue weighted by Gasteiger charge is -2.45. The maximum absolute atomic E-state index is 13.8. The molecule has 156 valence electrons. The molecule has 7 heteroatoms. The van der Waals surface area contributed by atoms with Gasteiger partial charge in [-0.05, 0) is 57.4 Å². The van der Waals surface area contributed by atoms with Crippen LogP contribution in [0.2, 0.25) is 10.0 Å². The van der Waals surface area contributed by atoms with Crippen LogP contribution in [0.5, 0.6) is 0 Å². The number of carbonyl (C=O) groups excluding carboxylic acids is 2. The van der Waals surface area contributed by atoms with E-state index in [2.05, 4.69) is 26.2 Å². The Kier molecular flexibility index (Phi) is 5.16. The second-order valence-electron chi connectivity index (χ2n) is 8.03. The number of aromatic nitrogens is 1. The molecule has 4 nitrogen and oxygen atoms in total. The summed E-state index contributed by atoms with van der Waals surface area (Å²) in [6.45, 7) is 0. The van der Waals surface area contributed by atoms with E-state index < -0.39 is 5.41 Å². The van der Waals surface area contributed by atoms with Gasteiger partial charge in [0.25, 0.3) is 0 Å². The molecule has 2 heterocycles. The van der Waals surface area contributed by atoms with Gasteiger partial charge in [-0.25, -0.2) is 4.98 Å². The van der Waals surface area contributed by atoms with E-state index in [0.29, 0.717) is 15.9 Å². The molecule has 1 amide bonds. The molecule has 1 spiro atoms. The highest BCUT2D eigenvalue weighted by molar-refractivity contribution is 9.10. The van der Waals surface area contributed by atoms with Crippen LogP contribution in [-0.4, -0.2) is 16.7 Å². The van der Waals surface area contributed by atoms with Crippen molar-refractivity contribution < 1.29 is 9.59 Å². The van der Waals surface area contributed by atoms with Crippen molar-refractivity contribution in [3.63, 3.8) is 0 Å². The summed E-state index contributed by atoms with van der Waals surface area (Å²) >= 11 is 15.8. The zero-order valence-electron chi connectivity index (χ0n) is 16.2. The van der Waals surface area contributed by atoms with Crippen LogP contribution in [0.4, 0.5) is 5.82 Å². The lowest BCUT2D eigenvalue weighted by atomic mass is 9.54. The minimum Gasteiger partial charge on any atom is -0.310 e. The molecule has 2 aromatic carbocycles. The maximum atomic E-state index is 13.8. The average Bonchev–Trinajstić information content (AvgIpc) is 3.03. The summed E-state index contributed by atoms with van der Waals surface area (Å²) in [6.07, 6.45) is 2.21. The van der Waals surface area contributed by atoms with Crippen molar-refractivity contribution in [2.45, 2.75) is 30.1 Å². The predicted molar refractivity (Wildman–Crippen MR) is 125 cm³/mol. The topological polar surface area (TPSA) is 59.1 Å². The van der Waals surface area contributed by atoms with Crippen LogP contribution < -0.4 is 5.32 Å². The monoisotopic (exact) mass is 514 g/mol. The van der Waals surface area contributed by atoms with Crippen LogP contribution >= 0.6 is 39.1 Å². The molecule has 3 aromatic rings. The number of fused-ring (bicyclic) bond motifs is 2. The van der Waals surface area contributed by atoms with E-state index in [-0.39, 0.29) is 36.4 Å². The van der Waals surface area contributed by atoms with Gasteiger partial charge < -0.3 is 5.32 Å². The Bertz CT molecular complexity index is 1140. The average molecular weight is 516 g/mol. The number of nitrogens with zero attached hydrogens (tertiary/aromatic N) is 1. The summed E-state index contributed by atoms with van der Waals surface area (Å²) in [5.74, 6) is -0.191. The minimum absolute atomic E-state index is 0.120. The molecular formula is C24H17BrCl2N2O2. The van der Waals surface area contributed by atoms with Crippen LogP contribution in [0, 0.1) is 0 Å². The molecule has 0 bridgehead atoms. The number of hydrogen-bond acceptors (Lipinski definition) is 3. The molecule has 31 heavy (non-hydrogen) atoms. The number of Topliss-reactive ketones (excluding diaryl/α,β-unsaturated/α-hetero) is 1. The van der Waals surface area contributed by atoms with E-state index in [1.54, 1.807) is 30.5 Å². The highest BCUT2D eigenvalue weighted by atomic mass is 79.9. The molecule has 2 aliphatic rings. The minimum atomic E-state index is -0.984. The van der Waals surface area contributed by atoms with E-state index in [0.717, 1.165) is 21.2 Å². The largest absolute Gasteiger partial charge is 0.310 e. The van der Waals surface area contributed by atoms with Crippen molar-refractivity contribution in [1.29, 1.82) is 0 Å². The van der Waals surface area contributed by atoms with Gasteiger partial charge in [-0.1, -0.05) is 47.5 Å². The van der Waals surface area contributed by atoms with Crippen molar-refractivity contribution >= 4 is 56.6 Å². The number of pyridine rings is 1. The first-order chi connectivity index (χ1) is 14.9. The van der Waals surface area contributed by atoms with E-state index >= 15 is 0 Å². The summed E-state index contributed by atoms with van der Waals surface area (Å²) in [6, 6.07) is 16.8. The molecule has 0 saturated heterocycles. The quantitative estimate of drug-likeness (QED) is 0.437. The zero-order valence-corrected chi connectivity index (χ0v) is 19.3. The normalized spacial score (nSPS) is 24.9. The van der Waals surface area contributed by atoms with Gasteiger partial charge in [0.05, 0.1) is 5.41 Å². The molecule has 1 N–H and O–H groups in total. The number of benzene rings is 2. The van der Waals surface area contributed by atoms with Crippen LogP contribution in [0.15, 0.2) is 65.3 Å². The first-order valence-corrected chi connectivity index (χ1v) is 11.4. The van der Waals surface area contributed by atoms with Gasteiger partial charge >= 0.3 is 0 Å². The SMILES string of the molecule is O=C1CC(c2ccc(Cl)cc2)C2(C(=O)Nc3ncc(Br)cc32)C(c2ccc(Cl)cc2)C1. The molecule has 1 fully saturated rings. The molecular weight excluding hydrogens is 499 g/mol. The van der Waals surface area contributed by atoms with Crippen molar-refractivity contribution in [2.24, 2.45) is 0 Å². The summed E-state index contributed by atoms with van der Waals surface area (Å²) < 4.78 is 0.781. The fourth-order valence-corrected chi connectivity index (χ4v) is 5.72. The number of carbonyl (C=O) groups is 2. The molecule has 1 aromatic heterocycles. The third kappa shape index (κ3) is 3.30. The number of ketones is 1. The third-order valence-corrected chi connectivity index (χ3v) is 7.35. The fourth-order valence-electron chi connectivity index (χ4n) is 5.13. The fraction of sp³-hybridized carbons (Fsp3) is 0.208. The second-order valence-corrected chi connectivity index (χ2v) is 9.82. The number of amides is 1. The van der Waals surface area contributed by atoms with Crippen molar-refractivity contribution in [3.8, 4) is 0 Å². The Labute approximate surface area is 198 Å². The highest BCUT2D eigenvalue weighted by Gasteiger charge is 2.61. The van der Waals surface area contributed by atoms with E-state index in [4.69, 9.17) is 23.2 Å². The summed E-state index contributed by atoms with van der Waals surface area (Å²) in [4.78, 5) is 31.2. The van der Waals surface area contributed by atoms with Crippen LogP contribution in [0.3, 0.4) is 0 Å². The van der Waals surface area contributed by atoms with Crippen molar-refractivity contribution in [3.05, 3.63) is 92.0 Å². The van der Waals surface area contributed by atoms with Gasteiger partial charge in [-0.3, -0.25) is 9.59 Å². The molecule has 2 unspecified atom stereocenters. The standard InChI is InChI=1S/C24H17BrCl2N2O2/c25-15-9-21-22(28-12-15)29-23(31)24(21)19(13-1-5-16(26)6-2-13)10-18(30)11-20(24)14-3-7-17(27)8-4-14/h1-9,12,19-20H,10-11H2,(H,28,29,31). The number of rotatable bonds is 2. The summed E-state index contributed by atoms with van der Waals surface area (Å²) in [5, 5.41) is 4.20. The van der Waals surface area contributed by atoms with E-state index in [1.807, 2.05) is 30.3 Å². The molecule has 5 rings (SSSR count). The first-order valence-electron chi connectivity index (χ1n) is 9.89. The first kappa shape index (κ1) is 20.7. The summed E-state index contributed by atoms with van der Waals surface area (Å²) in [5.41, 5.74) is 1.62. The molecule has 0 radical (unpaired) electrons. The Hall–Kier alpha value is -2.21. The lowest BCUT2D eigenvalue weighted by molar-refractivity contribution is -0.128. The Morgan fingerprint density at radius 3 is 1.94 bits per heavy atom.